The van der Waals surface area contributed by atoms with E-state index in [1.165, 1.54) is 7.11 Å². The Bertz CT molecular complexity index is 635. The van der Waals surface area contributed by atoms with Crippen molar-refractivity contribution < 1.29 is 23.8 Å². The molecule has 0 aromatic heterocycles. The number of halogens is 1. The molecule has 1 saturated heterocycles. The van der Waals surface area contributed by atoms with Crippen LogP contribution in [0.15, 0.2) is 22.7 Å². The lowest BCUT2D eigenvalue weighted by Crippen LogP contribution is -2.36. The zero-order valence-electron chi connectivity index (χ0n) is 14.2. The van der Waals surface area contributed by atoms with Crippen molar-refractivity contribution in [1.82, 2.24) is 5.32 Å². The second kappa shape index (κ2) is 7.53. The Labute approximate surface area is 150 Å². The number of esters is 2. The van der Waals surface area contributed by atoms with Crippen molar-refractivity contribution in [2.45, 2.75) is 32.4 Å². The lowest BCUT2D eigenvalue weighted by molar-refractivity contribution is -0.152. The maximum atomic E-state index is 12.5. The first-order chi connectivity index (χ1) is 11.4. The van der Waals surface area contributed by atoms with Gasteiger partial charge in [-0.2, -0.15) is 0 Å². The predicted molar refractivity (Wildman–Crippen MR) is 91.7 cm³/mol. The van der Waals surface area contributed by atoms with Crippen LogP contribution in [0, 0.1) is 5.41 Å². The summed E-state index contributed by atoms with van der Waals surface area (Å²) in [7, 11) is 2.92. The third-order valence-corrected chi connectivity index (χ3v) is 4.85. The van der Waals surface area contributed by atoms with Crippen molar-refractivity contribution in [2.24, 2.45) is 5.41 Å². The van der Waals surface area contributed by atoms with Gasteiger partial charge in [0.05, 0.1) is 32.3 Å². The maximum Gasteiger partial charge on any atom is 0.323 e. The molecule has 132 valence electrons. The molecule has 1 fully saturated rings. The largest absolute Gasteiger partial charge is 0.496 e. The Kier molecular flexibility index (Phi) is 5.87. The quantitative estimate of drug-likeness (QED) is 0.767. The van der Waals surface area contributed by atoms with Crippen LogP contribution in [0.25, 0.3) is 0 Å². The second-order valence-corrected chi connectivity index (χ2v) is 6.82. The van der Waals surface area contributed by atoms with Crippen LogP contribution in [-0.2, 0) is 19.1 Å². The molecule has 0 aliphatic carbocycles. The molecule has 0 bridgehead atoms. The van der Waals surface area contributed by atoms with E-state index in [0.29, 0.717) is 12.2 Å². The van der Waals surface area contributed by atoms with E-state index in [-0.39, 0.29) is 18.5 Å². The van der Waals surface area contributed by atoms with Gasteiger partial charge in [-0.15, -0.1) is 0 Å². The van der Waals surface area contributed by atoms with Crippen LogP contribution in [0.2, 0.25) is 0 Å². The van der Waals surface area contributed by atoms with Crippen molar-refractivity contribution in [2.75, 3.05) is 20.8 Å². The zero-order chi connectivity index (χ0) is 17.9. The summed E-state index contributed by atoms with van der Waals surface area (Å²) in [6, 6.07) is 4.53. The highest BCUT2D eigenvalue weighted by atomic mass is 79.9. The van der Waals surface area contributed by atoms with E-state index in [4.69, 9.17) is 14.2 Å². The van der Waals surface area contributed by atoms with Gasteiger partial charge in [-0.3, -0.25) is 14.9 Å². The highest BCUT2D eigenvalue weighted by molar-refractivity contribution is 9.10. The van der Waals surface area contributed by atoms with Gasteiger partial charge in [-0.1, -0.05) is 15.9 Å². The highest BCUT2D eigenvalue weighted by Crippen LogP contribution is 2.47. The lowest BCUT2D eigenvalue weighted by atomic mass is 9.78. The van der Waals surface area contributed by atoms with Crippen LogP contribution in [0.3, 0.4) is 0 Å². The minimum atomic E-state index is -0.916. The summed E-state index contributed by atoms with van der Waals surface area (Å²) in [6.45, 7) is 3.83. The van der Waals surface area contributed by atoms with E-state index >= 15 is 0 Å². The molecular weight excluding hydrogens is 378 g/mol. The molecule has 24 heavy (non-hydrogen) atoms. The molecule has 1 N–H and O–H groups in total. The third kappa shape index (κ3) is 3.42. The van der Waals surface area contributed by atoms with Crippen molar-refractivity contribution in [3.05, 3.63) is 28.2 Å². The van der Waals surface area contributed by atoms with Gasteiger partial charge in [0.2, 0.25) is 0 Å². The average Bonchev–Trinajstić information content (AvgIpc) is 2.93. The van der Waals surface area contributed by atoms with Gasteiger partial charge >= 0.3 is 11.9 Å². The van der Waals surface area contributed by atoms with Crippen LogP contribution < -0.4 is 10.1 Å². The predicted octanol–water partition coefficient (Wildman–Crippen LogP) is 2.60. The number of benzene rings is 1. The molecular formula is C17H22BrNO5. The molecule has 7 heteroatoms. The molecule has 3 atom stereocenters. The molecule has 0 saturated carbocycles. The van der Waals surface area contributed by atoms with Gasteiger partial charge in [-0.05, 0) is 38.5 Å². The summed E-state index contributed by atoms with van der Waals surface area (Å²) in [6.07, 6.45) is 0.291. The number of hydrogen-bond acceptors (Lipinski definition) is 6. The first-order valence-corrected chi connectivity index (χ1v) is 8.51. The zero-order valence-corrected chi connectivity index (χ0v) is 15.8. The molecule has 6 nitrogen and oxygen atoms in total. The summed E-state index contributed by atoms with van der Waals surface area (Å²) >= 11 is 3.44. The van der Waals surface area contributed by atoms with Crippen molar-refractivity contribution in [3.8, 4) is 5.75 Å². The van der Waals surface area contributed by atoms with Crippen LogP contribution in [-0.4, -0.2) is 38.8 Å². The molecule has 0 radical (unpaired) electrons. The molecule has 1 aliphatic rings. The van der Waals surface area contributed by atoms with Crippen molar-refractivity contribution >= 4 is 27.9 Å². The van der Waals surface area contributed by atoms with E-state index in [0.717, 1.165) is 10.0 Å². The van der Waals surface area contributed by atoms with Crippen LogP contribution in [0.4, 0.5) is 0 Å². The van der Waals surface area contributed by atoms with E-state index in [2.05, 4.69) is 21.2 Å². The van der Waals surface area contributed by atoms with Crippen LogP contribution >= 0.6 is 15.9 Å². The average molecular weight is 400 g/mol. The summed E-state index contributed by atoms with van der Waals surface area (Å²) in [5.74, 6) is -0.117. The smallest absolute Gasteiger partial charge is 0.323 e. The number of carbonyl (C=O) groups excluding carboxylic acids is 2. The van der Waals surface area contributed by atoms with E-state index in [1.807, 2.05) is 18.2 Å². The fourth-order valence-corrected chi connectivity index (χ4v) is 3.56. The van der Waals surface area contributed by atoms with Crippen molar-refractivity contribution in [3.63, 3.8) is 0 Å². The van der Waals surface area contributed by atoms with E-state index in [1.54, 1.807) is 21.0 Å². The van der Waals surface area contributed by atoms with Crippen LogP contribution in [0.5, 0.6) is 5.75 Å². The van der Waals surface area contributed by atoms with Gasteiger partial charge < -0.3 is 14.2 Å². The number of ether oxygens (including phenoxy) is 3. The molecule has 1 aliphatic heterocycles. The minimum absolute atomic E-state index is 0.289. The molecule has 2 rings (SSSR count). The second-order valence-electron chi connectivity index (χ2n) is 5.90. The first kappa shape index (κ1) is 18.7. The summed E-state index contributed by atoms with van der Waals surface area (Å²) in [5.41, 5.74) is -0.133. The number of carbonyl (C=O) groups is 2. The topological polar surface area (TPSA) is 73.9 Å². The Balaban J connectivity index is 2.46. The maximum absolute atomic E-state index is 12.5. The number of hydrogen-bond donors (Lipinski definition) is 1. The highest BCUT2D eigenvalue weighted by Gasteiger charge is 2.53. The monoisotopic (exact) mass is 399 g/mol. The Morgan fingerprint density at radius 1 is 1.38 bits per heavy atom. The fraction of sp³-hybridized carbons (Fsp3) is 0.529. The summed E-state index contributed by atoms with van der Waals surface area (Å²) in [4.78, 5) is 24.6. The number of methoxy groups -OCH3 is 2. The Hall–Kier alpha value is -1.60. The minimum Gasteiger partial charge on any atom is -0.496 e. The fourth-order valence-electron chi connectivity index (χ4n) is 3.18. The van der Waals surface area contributed by atoms with Gasteiger partial charge in [0.25, 0.3) is 0 Å². The lowest BCUT2D eigenvalue weighted by Gasteiger charge is -2.29. The molecule has 0 amide bonds. The SMILES string of the molecule is CCOC(=O)C1CC(C)(C(=O)OC)C(c2cc(Br)ccc2OC)N1. The molecule has 1 aromatic rings. The van der Waals surface area contributed by atoms with E-state index in [9.17, 15) is 9.59 Å². The number of rotatable bonds is 5. The third-order valence-electron chi connectivity index (χ3n) is 4.36. The molecule has 3 unspecified atom stereocenters. The van der Waals surface area contributed by atoms with Crippen molar-refractivity contribution in [1.29, 1.82) is 0 Å². The first-order valence-electron chi connectivity index (χ1n) is 7.72. The van der Waals surface area contributed by atoms with E-state index < -0.39 is 17.5 Å². The molecule has 0 spiro atoms. The van der Waals surface area contributed by atoms with Gasteiger partial charge in [-0.25, -0.2) is 0 Å². The van der Waals surface area contributed by atoms with Gasteiger partial charge in [0.1, 0.15) is 11.8 Å². The molecule has 1 aromatic carbocycles. The number of nitrogens with one attached hydrogen (secondary N) is 1. The Morgan fingerprint density at radius 3 is 2.67 bits per heavy atom. The Morgan fingerprint density at radius 2 is 2.08 bits per heavy atom. The summed E-state index contributed by atoms with van der Waals surface area (Å²) in [5, 5.41) is 3.22. The summed E-state index contributed by atoms with van der Waals surface area (Å²) < 4.78 is 16.4. The standard InChI is InChI=1S/C17H22BrNO5/c1-5-24-15(20)12-9-17(2,16(21)23-4)14(19-12)11-8-10(18)6-7-13(11)22-3/h6-8,12,14,19H,5,9H2,1-4H3. The van der Waals surface area contributed by atoms with Gasteiger partial charge in [0.15, 0.2) is 0 Å². The van der Waals surface area contributed by atoms with Gasteiger partial charge in [0, 0.05) is 10.0 Å². The van der Waals surface area contributed by atoms with Crippen LogP contribution in [0.1, 0.15) is 31.9 Å². The molecule has 1 heterocycles. The normalized spacial score (nSPS) is 26.0.